The SMILES string of the molecule is CC(=O)Cc1cccc(C(F)(F)C(C)C)c1. The minimum Gasteiger partial charge on any atom is -0.300 e. The molecule has 16 heavy (non-hydrogen) atoms. The third kappa shape index (κ3) is 2.87. The maximum atomic E-state index is 13.7. The van der Waals surface area contributed by atoms with Gasteiger partial charge in [0, 0.05) is 17.9 Å². The van der Waals surface area contributed by atoms with E-state index < -0.39 is 11.8 Å². The van der Waals surface area contributed by atoms with Gasteiger partial charge >= 0.3 is 0 Å². The fraction of sp³-hybridized carbons (Fsp3) is 0.462. The summed E-state index contributed by atoms with van der Waals surface area (Å²) < 4.78 is 27.4. The summed E-state index contributed by atoms with van der Waals surface area (Å²) in [5.41, 5.74) is 0.631. The molecule has 0 aliphatic heterocycles. The molecule has 0 unspecified atom stereocenters. The molecule has 0 spiro atoms. The lowest BCUT2D eigenvalue weighted by molar-refractivity contribution is -0.116. The number of hydrogen-bond donors (Lipinski definition) is 0. The predicted octanol–water partition coefficient (Wildman–Crippen LogP) is 3.57. The fourth-order valence-electron chi connectivity index (χ4n) is 1.51. The Morgan fingerprint density at radius 2 is 2.00 bits per heavy atom. The van der Waals surface area contributed by atoms with Crippen molar-refractivity contribution in [1.29, 1.82) is 0 Å². The molecular weight excluding hydrogens is 210 g/mol. The summed E-state index contributed by atoms with van der Waals surface area (Å²) in [6, 6.07) is 6.09. The molecule has 0 heterocycles. The second kappa shape index (κ2) is 4.73. The molecule has 0 amide bonds. The summed E-state index contributed by atoms with van der Waals surface area (Å²) in [5, 5.41) is 0. The quantitative estimate of drug-likeness (QED) is 0.767. The van der Waals surface area contributed by atoms with Crippen molar-refractivity contribution in [2.24, 2.45) is 5.92 Å². The van der Waals surface area contributed by atoms with Gasteiger partial charge in [-0.05, 0) is 18.6 Å². The van der Waals surface area contributed by atoms with Gasteiger partial charge in [0.15, 0.2) is 0 Å². The number of Topliss-reactive ketones (excluding diaryl/α,β-unsaturated/α-hetero) is 1. The summed E-state index contributed by atoms with van der Waals surface area (Å²) in [6.45, 7) is 4.42. The van der Waals surface area contributed by atoms with Crippen LogP contribution in [0.3, 0.4) is 0 Å². The van der Waals surface area contributed by atoms with Gasteiger partial charge in [-0.15, -0.1) is 0 Å². The number of halogens is 2. The highest BCUT2D eigenvalue weighted by Gasteiger charge is 2.35. The summed E-state index contributed by atoms with van der Waals surface area (Å²) in [4.78, 5) is 10.9. The van der Waals surface area contributed by atoms with Crippen molar-refractivity contribution in [3.8, 4) is 0 Å². The van der Waals surface area contributed by atoms with Crippen molar-refractivity contribution in [1.82, 2.24) is 0 Å². The van der Waals surface area contributed by atoms with E-state index in [9.17, 15) is 13.6 Å². The summed E-state index contributed by atoms with van der Waals surface area (Å²) in [7, 11) is 0. The smallest absolute Gasteiger partial charge is 0.275 e. The molecule has 1 aromatic rings. The summed E-state index contributed by atoms with van der Waals surface area (Å²) >= 11 is 0. The molecule has 0 aliphatic rings. The monoisotopic (exact) mass is 226 g/mol. The Bertz CT molecular complexity index is 383. The topological polar surface area (TPSA) is 17.1 Å². The second-order valence-electron chi connectivity index (χ2n) is 4.36. The molecule has 0 saturated carbocycles. The van der Waals surface area contributed by atoms with Crippen LogP contribution in [0.1, 0.15) is 31.9 Å². The minimum absolute atomic E-state index is 0.0127. The second-order valence-corrected chi connectivity index (χ2v) is 4.36. The highest BCUT2D eigenvalue weighted by atomic mass is 19.3. The standard InChI is InChI=1S/C13H16F2O/c1-9(2)13(14,15)12-6-4-5-11(8-12)7-10(3)16/h4-6,8-9H,7H2,1-3H3. The lowest BCUT2D eigenvalue weighted by Gasteiger charge is -2.21. The molecule has 0 radical (unpaired) electrons. The van der Waals surface area contributed by atoms with Crippen molar-refractivity contribution >= 4 is 5.78 Å². The molecule has 0 N–H and O–H groups in total. The van der Waals surface area contributed by atoms with Gasteiger partial charge < -0.3 is 0 Å². The van der Waals surface area contributed by atoms with Gasteiger partial charge in [-0.2, -0.15) is 0 Å². The number of carbonyl (C=O) groups is 1. The Morgan fingerprint density at radius 3 is 2.50 bits per heavy atom. The maximum absolute atomic E-state index is 13.7. The van der Waals surface area contributed by atoms with E-state index in [4.69, 9.17) is 0 Å². The zero-order valence-corrected chi connectivity index (χ0v) is 9.76. The van der Waals surface area contributed by atoms with Gasteiger partial charge in [-0.1, -0.05) is 32.0 Å². The van der Waals surface area contributed by atoms with Crippen LogP contribution in [0.5, 0.6) is 0 Å². The van der Waals surface area contributed by atoms with Crippen LogP contribution in [0.4, 0.5) is 8.78 Å². The average Bonchev–Trinajstić information content (AvgIpc) is 2.16. The molecule has 0 fully saturated rings. The first-order valence-electron chi connectivity index (χ1n) is 5.30. The van der Waals surface area contributed by atoms with E-state index >= 15 is 0 Å². The first-order valence-corrected chi connectivity index (χ1v) is 5.30. The first kappa shape index (κ1) is 12.8. The highest BCUT2D eigenvalue weighted by Crippen LogP contribution is 2.35. The Kier molecular flexibility index (Phi) is 3.79. The van der Waals surface area contributed by atoms with E-state index in [-0.39, 0.29) is 17.8 Å². The number of hydrogen-bond acceptors (Lipinski definition) is 1. The summed E-state index contributed by atoms with van der Waals surface area (Å²) in [6.07, 6.45) is 0.210. The van der Waals surface area contributed by atoms with Crippen LogP contribution in [0.25, 0.3) is 0 Å². The summed E-state index contributed by atoms with van der Waals surface area (Å²) in [5.74, 6) is -3.61. The predicted molar refractivity (Wildman–Crippen MR) is 59.6 cm³/mol. The van der Waals surface area contributed by atoms with Crippen molar-refractivity contribution < 1.29 is 13.6 Å². The van der Waals surface area contributed by atoms with Gasteiger partial charge in [-0.3, -0.25) is 4.79 Å². The molecule has 88 valence electrons. The number of rotatable bonds is 4. The van der Waals surface area contributed by atoms with E-state index in [2.05, 4.69) is 0 Å². The Labute approximate surface area is 94.5 Å². The molecule has 1 nitrogen and oxygen atoms in total. The zero-order valence-electron chi connectivity index (χ0n) is 9.76. The van der Waals surface area contributed by atoms with E-state index in [1.165, 1.54) is 32.9 Å². The first-order chi connectivity index (χ1) is 7.34. The Morgan fingerprint density at radius 1 is 1.38 bits per heavy atom. The lowest BCUT2D eigenvalue weighted by atomic mass is 9.95. The minimum atomic E-state index is -2.84. The average molecular weight is 226 g/mol. The van der Waals surface area contributed by atoms with Crippen LogP contribution in [0, 0.1) is 5.92 Å². The van der Waals surface area contributed by atoms with Crippen molar-refractivity contribution in [3.63, 3.8) is 0 Å². The molecule has 0 saturated heterocycles. The van der Waals surface area contributed by atoms with Crippen LogP contribution in [-0.4, -0.2) is 5.78 Å². The van der Waals surface area contributed by atoms with E-state index in [1.54, 1.807) is 12.1 Å². The Hall–Kier alpha value is -1.25. The maximum Gasteiger partial charge on any atom is 0.275 e. The van der Waals surface area contributed by atoms with E-state index in [0.29, 0.717) is 5.56 Å². The van der Waals surface area contributed by atoms with E-state index in [1.807, 2.05) is 0 Å². The van der Waals surface area contributed by atoms with Gasteiger partial charge in [0.1, 0.15) is 5.78 Å². The van der Waals surface area contributed by atoms with E-state index in [0.717, 1.165) is 0 Å². The highest BCUT2D eigenvalue weighted by molar-refractivity contribution is 5.78. The molecule has 1 aromatic carbocycles. The molecule has 3 heteroatoms. The van der Waals surface area contributed by atoms with Crippen LogP contribution < -0.4 is 0 Å². The van der Waals surface area contributed by atoms with Crippen molar-refractivity contribution in [2.75, 3.05) is 0 Å². The number of benzene rings is 1. The van der Waals surface area contributed by atoms with Crippen molar-refractivity contribution in [3.05, 3.63) is 35.4 Å². The van der Waals surface area contributed by atoms with Crippen LogP contribution in [0.15, 0.2) is 24.3 Å². The van der Waals surface area contributed by atoms with Gasteiger partial charge in [-0.25, -0.2) is 8.78 Å². The molecule has 0 aromatic heterocycles. The lowest BCUT2D eigenvalue weighted by Crippen LogP contribution is -2.21. The molecule has 1 rings (SSSR count). The normalized spacial score (nSPS) is 11.9. The van der Waals surface area contributed by atoms with Gasteiger partial charge in [0.2, 0.25) is 0 Å². The number of alkyl halides is 2. The van der Waals surface area contributed by atoms with Gasteiger partial charge in [0.25, 0.3) is 5.92 Å². The number of ketones is 1. The largest absolute Gasteiger partial charge is 0.300 e. The van der Waals surface area contributed by atoms with Gasteiger partial charge in [0.05, 0.1) is 0 Å². The molecule has 0 bridgehead atoms. The number of carbonyl (C=O) groups excluding carboxylic acids is 1. The van der Waals surface area contributed by atoms with Crippen molar-refractivity contribution in [2.45, 2.75) is 33.1 Å². The van der Waals surface area contributed by atoms with Crippen LogP contribution in [0.2, 0.25) is 0 Å². The third-order valence-electron chi connectivity index (χ3n) is 2.49. The third-order valence-corrected chi connectivity index (χ3v) is 2.49. The van der Waals surface area contributed by atoms with Crippen LogP contribution in [-0.2, 0) is 17.1 Å². The van der Waals surface area contributed by atoms with Crippen LogP contribution >= 0.6 is 0 Å². The molecular formula is C13H16F2O. The molecule has 0 aliphatic carbocycles. The molecule has 0 atom stereocenters. The Balaban J connectivity index is 3.02. The fourth-order valence-corrected chi connectivity index (χ4v) is 1.51. The zero-order chi connectivity index (χ0) is 12.3.